The molecule has 0 radical (unpaired) electrons. The number of hydrogen-bond donors (Lipinski definition) is 1. The van der Waals surface area contributed by atoms with E-state index in [0.717, 1.165) is 11.4 Å². The molecule has 0 aliphatic heterocycles. The number of nitrogens with one attached hydrogen (secondary N) is 1. The number of aromatic nitrogens is 2. The molecule has 1 amide bonds. The Balaban J connectivity index is 2.02. The van der Waals surface area contributed by atoms with Gasteiger partial charge in [0, 0.05) is 12.0 Å². The first-order valence-corrected chi connectivity index (χ1v) is 6.75. The van der Waals surface area contributed by atoms with Gasteiger partial charge in [0.2, 0.25) is 5.13 Å². The molecule has 1 aromatic heterocycles. The lowest BCUT2D eigenvalue weighted by molar-refractivity contribution is 0.102. The Morgan fingerprint density at radius 1 is 1.32 bits per heavy atom. The molecule has 4 nitrogen and oxygen atoms in total. The van der Waals surface area contributed by atoms with Crippen LogP contribution in [0.5, 0.6) is 0 Å². The van der Waals surface area contributed by atoms with E-state index in [0.29, 0.717) is 16.6 Å². The minimum Gasteiger partial charge on any atom is -0.296 e. The maximum Gasteiger partial charge on any atom is 0.257 e. The monoisotopic (exact) mass is 279 g/mol. The highest BCUT2D eigenvalue weighted by Crippen LogP contribution is 2.19. The summed E-state index contributed by atoms with van der Waals surface area (Å²) in [5.74, 6) is -0.187. The van der Waals surface area contributed by atoms with Gasteiger partial charge in [-0.25, -0.2) is 4.39 Å². The molecule has 0 spiro atoms. The van der Waals surface area contributed by atoms with Crippen LogP contribution >= 0.6 is 11.3 Å². The average molecular weight is 279 g/mol. The van der Waals surface area contributed by atoms with Gasteiger partial charge in [-0.2, -0.15) is 0 Å². The number of rotatable bonds is 4. The zero-order valence-electron chi connectivity index (χ0n) is 10.7. The van der Waals surface area contributed by atoms with Gasteiger partial charge in [0.15, 0.2) is 0 Å². The molecule has 0 atom stereocenters. The number of carbonyl (C=O) groups is 1. The van der Waals surface area contributed by atoms with Crippen LogP contribution in [-0.4, -0.2) is 16.1 Å². The van der Waals surface area contributed by atoms with Crippen molar-refractivity contribution in [2.75, 3.05) is 5.32 Å². The number of anilines is 1. The second-order valence-corrected chi connectivity index (χ2v) is 5.62. The van der Waals surface area contributed by atoms with Crippen LogP contribution in [0, 0.1) is 11.7 Å². The van der Waals surface area contributed by atoms with Crippen LogP contribution in [0.4, 0.5) is 9.52 Å². The zero-order valence-corrected chi connectivity index (χ0v) is 11.5. The van der Waals surface area contributed by atoms with Gasteiger partial charge in [-0.1, -0.05) is 25.2 Å². The first-order valence-electron chi connectivity index (χ1n) is 5.94. The number of nitrogens with zero attached hydrogens (tertiary/aromatic N) is 2. The first-order chi connectivity index (χ1) is 9.04. The molecule has 1 aromatic carbocycles. The standard InChI is InChI=1S/C13H14FN3OS/c1-8(2)7-11-16-17-13(19-11)15-12(18)9-3-5-10(14)6-4-9/h3-6,8H,7H2,1-2H3,(H,15,17,18). The molecule has 6 heteroatoms. The maximum absolute atomic E-state index is 12.7. The first kappa shape index (κ1) is 13.6. The van der Waals surface area contributed by atoms with E-state index in [1.165, 1.54) is 35.6 Å². The molecule has 0 unspecified atom stereocenters. The number of benzene rings is 1. The van der Waals surface area contributed by atoms with Crippen molar-refractivity contribution in [2.45, 2.75) is 20.3 Å². The third-order valence-corrected chi connectivity index (χ3v) is 3.24. The van der Waals surface area contributed by atoms with Gasteiger partial charge in [0.05, 0.1) is 0 Å². The summed E-state index contributed by atoms with van der Waals surface area (Å²) >= 11 is 1.36. The third kappa shape index (κ3) is 3.82. The molecule has 2 rings (SSSR count). The Kier molecular flexibility index (Phi) is 4.21. The molecule has 1 N–H and O–H groups in total. The van der Waals surface area contributed by atoms with Crippen LogP contribution in [0.1, 0.15) is 29.2 Å². The second-order valence-electron chi connectivity index (χ2n) is 4.56. The molecule has 2 aromatic rings. The Bertz CT molecular complexity index is 566. The summed E-state index contributed by atoms with van der Waals surface area (Å²) in [4.78, 5) is 11.9. The molecule has 0 saturated carbocycles. The summed E-state index contributed by atoms with van der Waals surface area (Å²) in [6.07, 6.45) is 0.837. The predicted octanol–water partition coefficient (Wildman–Crippen LogP) is 3.13. The molecule has 19 heavy (non-hydrogen) atoms. The van der Waals surface area contributed by atoms with Crippen LogP contribution in [-0.2, 0) is 6.42 Å². The summed E-state index contributed by atoms with van der Waals surface area (Å²) in [7, 11) is 0. The number of carbonyl (C=O) groups excluding carboxylic acids is 1. The normalized spacial score (nSPS) is 10.7. The highest BCUT2D eigenvalue weighted by atomic mass is 32.1. The van der Waals surface area contributed by atoms with Crippen molar-refractivity contribution in [1.29, 1.82) is 0 Å². The van der Waals surface area contributed by atoms with Gasteiger partial charge in [0.25, 0.3) is 5.91 Å². The van der Waals surface area contributed by atoms with Crippen LogP contribution in [0.2, 0.25) is 0 Å². The van der Waals surface area contributed by atoms with Crippen LogP contribution in [0.3, 0.4) is 0 Å². The van der Waals surface area contributed by atoms with Crippen molar-refractivity contribution >= 4 is 22.4 Å². The minimum absolute atomic E-state index is 0.313. The minimum atomic E-state index is -0.369. The van der Waals surface area contributed by atoms with Gasteiger partial charge in [-0.05, 0) is 30.2 Å². The topological polar surface area (TPSA) is 54.9 Å². The zero-order chi connectivity index (χ0) is 13.8. The largest absolute Gasteiger partial charge is 0.296 e. The Morgan fingerprint density at radius 2 is 2.00 bits per heavy atom. The molecule has 100 valence electrons. The Labute approximate surface area is 114 Å². The van der Waals surface area contributed by atoms with Gasteiger partial charge in [-0.3, -0.25) is 10.1 Å². The SMILES string of the molecule is CC(C)Cc1nnc(NC(=O)c2ccc(F)cc2)s1. The molecular weight excluding hydrogens is 265 g/mol. The van der Waals surface area contributed by atoms with E-state index in [4.69, 9.17) is 0 Å². The van der Waals surface area contributed by atoms with E-state index >= 15 is 0 Å². The molecule has 0 saturated heterocycles. The van der Waals surface area contributed by atoms with Crippen molar-refractivity contribution in [3.8, 4) is 0 Å². The van der Waals surface area contributed by atoms with E-state index in [9.17, 15) is 9.18 Å². The van der Waals surface area contributed by atoms with Crippen molar-refractivity contribution in [3.05, 3.63) is 40.7 Å². The van der Waals surface area contributed by atoms with Crippen molar-refractivity contribution < 1.29 is 9.18 Å². The van der Waals surface area contributed by atoms with Gasteiger partial charge in [0.1, 0.15) is 10.8 Å². The highest BCUT2D eigenvalue weighted by molar-refractivity contribution is 7.15. The predicted molar refractivity (Wildman–Crippen MR) is 72.8 cm³/mol. The van der Waals surface area contributed by atoms with E-state index in [2.05, 4.69) is 29.4 Å². The number of amides is 1. The quantitative estimate of drug-likeness (QED) is 0.935. The van der Waals surface area contributed by atoms with E-state index in [1.54, 1.807) is 0 Å². The molecule has 0 bridgehead atoms. The smallest absolute Gasteiger partial charge is 0.257 e. The Hall–Kier alpha value is -1.82. The fraction of sp³-hybridized carbons (Fsp3) is 0.308. The van der Waals surface area contributed by atoms with Gasteiger partial charge < -0.3 is 0 Å². The van der Waals surface area contributed by atoms with Crippen LogP contribution < -0.4 is 5.32 Å². The summed E-state index contributed by atoms with van der Waals surface area (Å²) < 4.78 is 12.7. The van der Waals surface area contributed by atoms with E-state index in [-0.39, 0.29) is 11.7 Å². The van der Waals surface area contributed by atoms with Gasteiger partial charge in [-0.15, -0.1) is 10.2 Å². The lowest BCUT2D eigenvalue weighted by atomic mass is 10.1. The number of halogens is 1. The van der Waals surface area contributed by atoms with Crippen molar-refractivity contribution in [1.82, 2.24) is 10.2 Å². The van der Waals surface area contributed by atoms with Crippen molar-refractivity contribution in [2.24, 2.45) is 5.92 Å². The van der Waals surface area contributed by atoms with Crippen LogP contribution in [0.25, 0.3) is 0 Å². The molecule has 0 fully saturated rings. The van der Waals surface area contributed by atoms with Crippen LogP contribution in [0.15, 0.2) is 24.3 Å². The molecule has 1 heterocycles. The molecule has 0 aliphatic rings. The van der Waals surface area contributed by atoms with E-state index < -0.39 is 0 Å². The summed E-state index contributed by atoms with van der Waals surface area (Å²) in [5, 5.41) is 11.9. The van der Waals surface area contributed by atoms with E-state index in [1.807, 2.05) is 0 Å². The summed E-state index contributed by atoms with van der Waals surface area (Å²) in [5.41, 5.74) is 0.391. The third-order valence-electron chi connectivity index (χ3n) is 2.38. The molecule has 0 aliphatic carbocycles. The summed E-state index contributed by atoms with van der Waals surface area (Å²) in [6.45, 7) is 4.19. The lowest BCUT2D eigenvalue weighted by Crippen LogP contribution is -2.11. The summed E-state index contributed by atoms with van der Waals surface area (Å²) in [6, 6.07) is 5.36. The highest BCUT2D eigenvalue weighted by Gasteiger charge is 2.11. The fourth-order valence-corrected chi connectivity index (χ4v) is 2.45. The average Bonchev–Trinajstić information content (AvgIpc) is 2.76. The lowest BCUT2D eigenvalue weighted by Gasteiger charge is -2.00. The fourth-order valence-electron chi connectivity index (χ4n) is 1.51. The van der Waals surface area contributed by atoms with Crippen molar-refractivity contribution in [3.63, 3.8) is 0 Å². The maximum atomic E-state index is 12.7. The second kappa shape index (κ2) is 5.88. The van der Waals surface area contributed by atoms with Gasteiger partial charge >= 0.3 is 0 Å². The number of hydrogen-bond acceptors (Lipinski definition) is 4. The Morgan fingerprint density at radius 3 is 2.63 bits per heavy atom. The molecular formula is C13H14FN3OS.